The zero-order valence-corrected chi connectivity index (χ0v) is 44.7. The van der Waals surface area contributed by atoms with E-state index in [-0.39, 0.29) is 0 Å². The minimum absolute atomic E-state index is 0.659. The molecule has 0 radical (unpaired) electrons. The number of rotatable bonds is 30. The molecule has 0 bridgehead atoms. The molecule has 0 saturated heterocycles. The van der Waals surface area contributed by atoms with Crippen LogP contribution < -0.4 is 0 Å². The van der Waals surface area contributed by atoms with Crippen LogP contribution in [-0.2, 0) is 17.6 Å². The van der Waals surface area contributed by atoms with Crippen molar-refractivity contribution in [3.63, 3.8) is 0 Å². The SMILES string of the molecule is CCCCCC1CCC(CCc2ccc(C(=CCOCC=C(c3ccc(CCC4CCC(CCCCC)CC4)cc3)C3CCC(CCCCC)CC3)C3CCC(CCCCC)CC3)cc2)CC1. The summed E-state index contributed by atoms with van der Waals surface area (Å²) >= 11 is 0. The number of hydrogen-bond acceptors (Lipinski definition) is 1. The van der Waals surface area contributed by atoms with Gasteiger partial charge in [0.1, 0.15) is 0 Å². The fraction of sp³-hybridized carbons (Fsp3) is 0.758. The van der Waals surface area contributed by atoms with Crippen molar-refractivity contribution >= 4 is 11.1 Å². The number of hydrogen-bond donors (Lipinski definition) is 0. The third kappa shape index (κ3) is 19.5. The molecule has 0 unspecified atom stereocenters. The molecular weight excluding hydrogens is 809 g/mol. The molecule has 0 aromatic heterocycles. The van der Waals surface area contributed by atoms with E-state index < -0.39 is 0 Å². The van der Waals surface area contributed by atoms with Gasteiger partial charge in [0, 0.05) is 0 Å². The number of aryl methyl sites for hydroxylation is 2. The summed E-state index contributed by atoms with van der Waals surface area (Å²) in [6, 6.07) is 19.9. The second kappa shape index (κ2) is 32.0. The first kappa shape index (κ1) is 54.2. The maximum absolute atomic E-state index is 6.67. The summed E-state index contributed by atoms with van der Waals surface area (Å²) in [5.74, 6) is 7.08. The lowest BCUT2D eigenvalue weighted by atomic mass is 9.75. The molecule has 6 rings (SSSR count). The highest BCUT2D eigenvalue weighted by Gasteiger charge is 2.27. The molecule has 0 aliphatic heterocycles. The molecule has 376 valence electrons. The van der Waals surface area contributed by atoms with Crippen LogP contribution in [0.3, 0.4) is 0 Å². The normalized spacial score (nSPS) is 26.5. The lowest BCUT2D eigenvalue weighted by Crippen LogP contribution is -2.17. The van der Waals surface area contributed by atoms with Crippen molar-refractivity contribution in [2.75, 3.05) is 13.2 Å². The maximum Gasteiger partial charge on any atom is 0.0657 e. The fourth-order valence-corrected chi connectivity index (χ4v) is 13.7. The highest BCUT2D eigenvalue weighted by Crippen LogP contribution is 2.42. The fourth-order valence-electron chi connectivity index (χ4n) is 13.7. The summed E-state index contributed by atoms with van der Waals surface area (Å²) < 4.78 is 6.67. The third-order valence-corrected chi connectivity index (χ3v) is 18.5. The Balaban J connectivity index is 1.06. The van der Waals surface area contributed by atoms with E-state index in [4.69, 9.17) is 4.74 Å². The van der Waals surface area contributed by atoms with Gasteiger partial charge in [0.05, 0.1) is 13.2 Å². The van der Waals surface area contributed by atoms with Crippen molar-refractivity contribution in [1.29, 1.82) is 0 Å². The smallest absolute Gasteiger partial charge is 0.0657 e. The standard InChI is InChI=1S/C66H106O/c1-5-9-13-17-53-21-25-57(26-22-53)29-31-59-37-45-63(46-38-59)65(61-41-33-55(34-42-61)19-15-11-7-3)49-51-67-52-50-66(62-43-35-56(36-44-62)20-16-12-8-4)64-47-39-60(40-48-64)32-30-58-27-23-54(24-28-58)18-14-10-6-2/h37-40,45-50,53-58,61-62H,5-36,41-44,51-52H2,1-4H3. The van der Waals surface area contributed by atoms with Crippen molar-refractivity contribution in [2.24, 2.45) is 47.3 Å². The highest BCUT2D eigenvalue weighted by molar-refractivity contribution is 5.69. The van der Waals surface area contributed by atoms with Crippen LogP contribution in [0.25, 0.3) is 11.1 Å². The van der Waals surface area contributed by atoms with Gasteiger partial charge in [-0.05, 0) is 158 Å². The minimum atomic E-state index is 0.659. The first-order chi connectivity index (χ1) is 33.0. The monoisotopic (exact) mass is 915 g/mol. The molecule has 0 atom stereocenters. The molecule has 0 heterocycles. The first-order valence-corrected chi connectivity index (χ1v) is 30.2. The Labute approximate surface area is 416 Å². The Morgan fingerprint density at radius 2 is 0.627 bits per heavy atom. The average molecular weight is 916 g/mol. The van der Waals surface area contributed by atoms with Crippen molar-refractivity contribution in [3.05, 3.63) is 82.9 Å². The highest BCUT2D eigenvalue weighted by atomic mass is 16.5. The van der Waals surface area contributed by atoms with Crippen LogP contribution >= 0.6 is 0 Å². The summed E-state index contributed by atoms with van der Waals surface area (Å²) in [6.45, 7) is 10.8. The van der Waals surface area contributed by atoms with Gasteiger partial charge < -0.3 is 4.74 Å². The molecule has 0 N–H and O–H groups in total. The molecule has 4 aliphatic rings. The van der Waals surface area contributed by atoms with Gasteiger partial charge in [-0.3, -0.25) is 0 Å². The Hall–Kier alpha value is -2.12. The van der Waals surface area contributed by atoms with Gasteiger partial charge in [-0.25, -0.2) is 0 Å². The minimum Gasteiger partial charge on any atom is -0.373 e. The van der Waals surface area contributed by atoms with E-state index in [1.165, 1.54) is 242 Å². The summed E-state index contributed by atoms with van der Waals surface area (Å²) in [7, 11) is 0. The largest absolute Gasteiger partial charge is 0.373 e. The molecule has 1 heteroatoms. The van der Waals surface area contributed by atoms with Crippen LogP contribution in [0.15, 0.2) is 60.7 Å². The predicted octanol–water partition coefficient (Wildman–Crippen LogP) is 20.6. The Kier molecular flexibility index (Phi) is 25.9. The number of unbranched alkanes of at least 4 members (excludes halogenated alkanes) is 8. The summed E-state index contributed by atoms with van der Waals surface area (Å²) in [5.41, 5.74) is 9.13. The van der Waals surface area contributed by atoms with E-state index in [0.717, 1.165) is 35.5 Å². The Morgan fingerprint density at radius 1 is 0.358 bits per heavy atom. The van der Waals surface area contributed by atoms with E-state index in [9.17, 15) is 0 Å². The zero-order chi connectivity index (χ0) is 46.7. The summed E-state index contributed by atoms with van der Waals surface area (Å²) in [5, 5.41) is 0. The second-order valence-electron chi connectivity index (χ2n) is 23.5. The van der Waals surface area contributed by atoms with E-state index in [1.54, 1.807) is 22.3 Å². The number of ether oxygens (including phenoxy) is 1. The van der Waals surface area contributed by atoms with Gasteiger partial charge in [-0.2, -0.15) is 0 Å². The van der Waals surface area contributed by atoms with Crippen molar-refractivity contribution in [2.45, 2.75) is 259 Å². The topological polar surface area (TPSA) is 9.23 Å². The van der Waals surface area contributed by atoms with Gasteiger partial charge in [-0.1, -0.05) is 242 Å². The molecule has 4 fully saturated rings. The quantitative estimate of drug-likeness (QED) is 0.0710. The van der Waals surface area contributed by atoms with Crippen LogP contribution in [0.1, 0.15) is 268 Å². The number of allylic oxidation sites excluding steroid dienone is 2. The number of benzene rings is 2. The van der Waals surface area contributed by atoms with Gasteiger partial charge in [0.2, 0.25) is 0 Å². The van der Waals surface area contributed by atoms with E-state index in [1.807, 2.05) is 0 Å². The Bertz CT molecular complexity index is 1470. The van der Waals surface area contributed by atoms with E-state index in [0.29, 0.717) is 25.0 Å². The van der Waals surface area contributed by atoms with E-state index >= 15 is 0 Å². The van der Waals surface area contributed by atoms with Crippen molar-refractivity contribution < 1.29 is 4.74 Å². The molecule has 4 saturated carbocycles. The van der Waals surface area contributed by atoms with Crippen molar-refractivity contribution in [1.82, 2.24) is 0 Å². The molecule has 0 spiro atoms. The molecule has 4 aliphatic carbocycles. The van der Waals surface area contributed by atoms with E-state index in [2.05, 4.69) is 88.4 Å². The van der Waals surface area contributed by atoms with Gasteiger partial charge in [-0.15, -0.1) is 0 Å². The van der Waals surface area contributed by atoms with Crippen molar-refractivity contribution in [3.8, 4) is 0 Å². The second-order valence-corrected chi connectivity index (χ2v) is 23.5. The lowest BCUT2D eigenvalue weighted by molar-refractivity contribution is 0.193. The van der Waals surface area contributed by atoms with Crippen LogP contribution in [0, 0.1) is 47.3 Å². The van der Waals surface area contributed by atoms with Gasteiger partial charge in [0.15, 0.2) is 0 Å². The molecular formula is C66H106O. The zero-order valence-electron chi connectivity index (χ0n) is 44.7. The summed E-state index contributed by atoms with van der Waals surface area (Å²) in [4.78, 5) is 0. The third-order valence-electron chi connectivity index (χ3n) is 18.5. The molecule has 1 nitrogen and oxygen atoms in total. The first-order valence-electron chi connectivity index (χ1n) is 30.2. The van der Waals surface area contributed by atoms with Gasteiger partial charge >= 0.3 is 0 Å². The molecule has 2 aromatic carbocycles. The van der Waals surface area contributed by atoms with Crippen LogP contribution in [-0.4, -0.2) is 13.2 Å². The van der Waals surface area contributed by atoms with Crippen LogP contribution in [0.2, 0.25) is 0 Å². The predicted molar refractivity (Wildman–Crippen MR) is 295 cm³/mol. The summed E-state index contributed by atoms with van der Waals surface area (Å²) in [6.07, 6.45) is 55.6. The van der Waals surface area contributed by atoms with Crippen LogP contribution in [0.5, 0.6) is 0 Å². The Morgan fingerprint density at radius 3 is 0.910 bits per heavy atom. The lowest BCUT2D eigenvalue weighted by Gasteiger charge is -2.31. The molecule has 67 heavy (non-hydrogen) atoms. The molecule has 0 amide bonds. The molecule has 2 aromatic rings. The average Bonchev–Trinajstić information content (AvgIpc) is 3.37. The van der Waals surface area contributed by atoms with Crippen LogP contribution in [0.4, 0.5) is 0 Å². The maximum atomic E-state index is 6.67. The van der Waals surface area contributed by atoms with Gasteiger partial charge in [0.25, 0.3) is 0 Å².